The number of ether oxygens (including phenoxy) is 1. The Bertz CT molecular complexity index is 501. The number of phenolic OH excluding ortho intramolecular Hbond substituents is 1. The summed E-state index contributed by atoms with van der Waals surface area (Å²) in [5.41, 5.74) is -0.530. The summed E-state index contributed by atoms with van der Waals surface area (Å²) >= 11 is 0. The largest absolute Gasteiger partial charge is 0.508 e. The molecular formula is C12H13NO5. The molecule has 1 aromatic rings. The summed E-state index contributed by atoms with van der Waals surface area (Å²) in [7, 11) is 0. The van der Waals surface area contributed by atoms with Gasteiger partial charge in [-0.05, 0) is 19.1 Å². The second-order valence-corrected chi connectivity index (χ2v) is 4.48. The quantitative estimate of drug-likeness (QED) is 0.851. The van der Waals surface area contributed by atoms with Crippen molar-refractivity contribution in [1.29, 1.82) is 0 Å². The van der Waals surface area contributed by atoms with Crippen LogP contribution >= 0.6 is 0 Å². The lowest BCUT2D eigenvalue weighted by Gasteiger charge is -2.30. The third-order valence-corrected chi connectivity index (χ3v) is 2.85. The lowest BCUT2D eigenvalue weighted by atomic mass is 9.97. The molecule has 1 amide bonds. The van der Waals surface area contributed by atoms with Crippen LogP contribution in [0.25, 0.3) is 0 Å². The van der Waals surface area contributed by atoms with Crippen molar-refractivity contribution < 1.29 is 24.5 Å². The first kappa shape index (κ1) is 12.2. The Morgan fingerprint density at radius 2 is 2.28 bits per heavy atom. The van der Waals surface area contributed by atoms with Gasteiger partial charge in [0.15, 0.2) is 0 Å². The number of carboxylic acids is 1. The van der Waals surface area contributed by atoms with E-state index >= 15 is 0 Å². The third-order valence-electron chi connectivity index (χ3n) is 2.85. The van der Waals surface area contributed by atoms with E-state index in [1.807, 2.05) is 0 Å². The molecule has 1 unspecified atom stereocenters. The van der Waals surface area contributed by atoms with Gasteiger partial charge in [0.2, 0.25) is 0 Å². The number of carbonyl (C=O) groups excluding carboxylic acids is 1. The predicted octanol–water partition coefficient (Wildman–Crippen LogP) is 1.58. The summed E-state index contributed by atoms with van der Waals surface area (Å²) < 4.78 is 4.92. The van der Waals surface area contributed by atoms with Crippen molar-refractivity contribution in [3.63, 3.8) is 0 Å². The number of rotatable bonds is 3. The topological polar surface area (TPSA) is 87.1 Å². The molecule has 0 radical (unpaired) electrons. The zero-order valence-corrected chi connectivity index (χ0v) is 9.79. The molecule has 0 aliphatic carbocycles. The van der Waals surface area contributed by atoms with Crippen LogP contribution in [-0.2, 0) is 9.53 Å². The summed E-state index contributed by atoms with van der Waals surface area (Å²) in [6.45, 7) is 1.64. The van der Waals surface area contributed by atoms with Crippen molar-refractivity contribution in [3.05, 3.63) is 24.3 Å². The molecule has 0 bridgehead atoms. The zero-order chi connectivity index (χ0) is 13.3. The van der Waals surface area contributed by atoms with Gasteiger partial charge in [0.25, 0.3) is 0 Å². The summed E-state index contributed by atoms with van der Waals surface area (Å²) in [5.74, 6) is -1.01. The zero-order valence-electron chi connectivity index (χ0n) is 9.79. The molecule has 0 aromatic heterocycles. The number of hydrogen-bond acceptors (Lipinski definition) is 4. The van der Waals surface area contributed by atoms with Gasteiger partial charge >= 0.3 is 12.1 Å². The fourth-order valence-corrected chi connectivity index (χ4v) is 2.07. The normalized spacial score (nSPS) is 22.9. The van der Waals surface area contributed by atoms with Crippen LogP contribution < -0.4 is 4.90 Å². The maximum absolute atomic E-state index is 11.7. The van der Waals surface area contributed by atoms with Crippen molar-refractivity contribution in [2.45, 2.75) is 18.9 Å². The molecule has 2 N–H and O–H groups in total. The minimum absolute atomic E-state index is 0.00451. The van der Waals surface area contributed by atoms with Gasteiger partial charge in [-0.3, -0.25) is 9.69 Å². The van der Waals surface area contributed by atoms with E-state index < -0.39 is 17.6 Å². The first-order valence-electron chi connectivity index (χ1n) is 5.40. The van der Waals surface area contributed by atoms with E-state index in [1.165, 1.54) is 17.0 Å². The molecule has 1 aromatic carbocycles. The fourth-order valence-electron chi connectivity index (χ4n) is 2.07. The van der Waals surface area contributed by atoms with Crippen LogP contribution in [0.1, 0.15) is 13.3 Å². The van der Waals surface area contributed by atoms with Gasteiger partial charge in [-0.25, -0.2) is 4.79 Å². The van der Waals surface area contributed by atoms with E-state index in [0.717, 1.165) is 0 Å². The number of hydrogen-bond donors (Lipinski definition) is 2. The number of cyclic esters (lactones) is 1. The highest BCUT2D eigenvalue weighted by Crippen LogP contribution is 2.34. The second-order valence-electron chi connectivity index (χ2n) is 4.48. The van der Waals surface area contributed by atoms with E-state index in [2.05, 4.69) is 0 Å². The molecule has 96 valence electrons. The molecule has 6 heteroatoms. The maximum Gasteiger partial charge on any atom is 0.415 e. The van der Waals surface area contributed by atoms with Gasteiger partial charge in [-0.2, -0.15) is 0 Å². The molecule has 2 rings (SSSR count). The average Bonchev–Trinajstić information content (AvgIpc) is 2.53. The van der Waals surface area contributed by atoms with Crippen LogP contribution in [0.3, 0.4) is 0 Å². The van der Waals surface area contributed by atoms with Gasteiger partial charge in [-0.1, -0.05) is 6.07 Å². The van der Waals surface area contributed by atoms with Crippen LogP contribution in [0, 0.1) is 0 Å². The SMILES string of the molecule is CC1(CC(=O)O)COC(=O)N1c1cccc(O)c1. The highest BCUT2D eigenvalue weighted by atomic mass is 16.6. The summed E-state index contributed by atoms with van der Waals surface area (Å²) in [6, 6.07) is 6.07. The van der Waals surface area contributed by atoms with Crippen molar-refractivity contribution in [1.82, 2.24) is 0 Å². The molecule has 6 nitrogen and oxygen atoms in total. The third kappa shape index (κ3) is 2.09. The Kier molecular flexibility index (Phi) is 2.86. The molecule has 0 saturated carbocycles. The van der Waals surface area contributed by atoms with Crippen LogP contribution in [0.2, 0.25) is 0 Å². The molecule has 1 fully saturated rings. The second kappa shape index (κ2) is 4.21. The highest BCUT2D eigenvalue weighted by molar-refractivity contribution is 5.92. The van der Waals surface area contributed by atoms with Crippen LogP contribution in [-0.4, -0.2) is 34.4 Å². The lowest BCUT2D eigenvalue weighted by Crippen LogP contribution is -2.46. The number of carbonyl (C=O) groups is 2. The fraction of sp³-hybridized carbons (Fsp3) is 0.333. The summed E-state index contributed by atoms with van der Waals surface area (Å²) in [4.78, 5) is 23.8. The number of benzene rings is 1. The van der Waals surface area contributed by atoms with Crippen LogP contribution in [0.4, 0.5) is 10.5 Å². The van der Waals surface area contributed by atoms with Gasteiger partial charge in [0.05, 0.1) is 17.6 Å². The highest BCUT2D eigenvalue weighted by Gasteiger charge is 2.46. The first-order chi connectivity index (χ1) is 8.42. The minimum Gasteiger partial charge on any atom is -0.508 e. The molecule has 1 saturated heterocycles. The monoisotopic (exact) mass is 251 g/mol. The molecule has 0 spiro atoms. The van der Waals surface area contributed by atoms with E-state index in [0.29, 0.717) is 5.69 Å². The number of nitrogens with zero attached hydrogens (tertiary/aromatic N) is 1. The Labute approximate surface area is 103 Å². The van der Waals surface area contributed by atoms with Gasteiger partial charge in [-0.15, -0.1) is 0 Å². The smallest absolute Gasteiger partial charge is 0.415 e. The Morgan fingerprint density at radius 1 is 1.56 bits per heavy atom. The van der Waals surface area contributed by atoms with Crippen LogP contribution in [0.5, 0.6) is 5.75 Å². The van der Waals surface area contributed by atoms with E-state index in [4.69, 9.17) is 9.84 Å². The summed E-state index contributed by atoms with van der Waals surface area (Å²) in [5, 5.41) is 18.3. The molecule has 18 heavy (non-hydrogen) atoms. The standard InChI is InChI=1S/C12H13NO5/c1-12(6-10(15)16)7-18-11(17)13(12)8-3-2-4-9(14)5-8/h2-5,14H,6-7H2,1H3,(H,15,16). The number of anilines is 1. The number of carboxylic acid groups (broad SMARTS) is 1. The Morgan fingerprint density at radius 3 is 2.89 bits per heavy atom. The van der Waals surface area contributed by atoms with E-state index in [-0.39, 0.29) is 18.8 Å². The number of aliphatic carboxylic acids is 1. The lowest BCUT2D eigenvalue weighted by molar-refractivity contribution is -0.138. The molecule has 1 atom stereocenters. The molecule has 1 aliphatic heterocycles. The van der Waals surface area contributed by atoms with Gasteiger partial charge < -0.3 is 14.9 Å². The van der Waals surface area contributed by atoms with Crippen molar-refractivity contribution in [3.8, 4) is 5.75 Å². The molecule has 1 heterocycles. The van der Waals surface area contributed by atoms with Crippen molar-refractivity contribution in [2.75, 3.05) is 11.5 Å². The molecule has 1 aliphatic rings. The van der Waals surface area contributed by atoms with Crippen LogP contribution in [0.15, 0.2) is 24.3 Å². The molecular weight excluding hydrogens is 238 g/mol. The average molecular weight is 251 g/mol. The Hall–Kier alpha value is -2.24. The predicted molar refractivity (Wildman–Crippen MR) is 62.6 cm³/mol. The number of aromatic hydroxyl groups is 1. The van der Waals surface area contributed by atoms with E-state index in [9.17, 15) is 14.7 Å². The van der Waals surface area contributed by atoms with Crippen molar-refractivity contribution >= 4 is 17.7 Å². The Balaban J connectivity index is 2.39. The van der Waals surface area contributed by atoms with Gasteiger partial charge in [0.1, 0.15) is 12.4 Å². The number of phenols is 1. The van der Waals surface area contributed by atoms with Crippen molar-refractivity contribution in [2.24, 2.45) is 0 Å². The first-order valence-corrected chi connectivity index (χ1v) is 5.40. The van der Waals surface area contributed by atoms with Gasteiger partial charge in [0, 0.05) is 6.07 Å². The summed E-state index contributed by atoms with van der Waals surface area (Å²) in [6.07, 6.45) is -0.835. The minimum atomic E-state index is -1.01. The maximum atomic E-state index is 11.7. The van der Waals surface area contributed by atoms with E-state index in [1.54, 1.807) is 19.1 Å². The number of amides is 1.